The Labute approximate surface area is 592 Å². The molecule has 0 aliphatic heterocycles. The van der Waals surface area contributed by atoms with Crippen molar-refractivity contribution in [3.05, 3.63) is 0 Å². The SMILES string of the molecule is CC[C@H](NC(=O)[C@H](C)NC(=O)[C@H](CC(C)C)NC(=O)[C@H](CC(=O)O)NC(=O)CNC(=O)[C@H](CCCN=C(N)N)NC(C)=O)C(=O)N[C@@H](CC(C)C)C(=O)N[C@@H](CCCNC(N)=O)C(=O)NC(C)(C)C(=O)N[C@@H](CC(C)C)C(=O)NCCOCCOCCOCCOCCOCCC(=O)C(C)C. The Kier molecular flexibility index (Phi) is 47.5. The van der Waals surface area contributed by atoms with Crippen LogP contribution < -0.4 is 81.0 Å². The number of nitrogens with zero attached hydrogens (tertiary/aromatic N) is 1. The first-order chi connectivity index (χ1) is 47.4. The Balaban J connectivity index is 5.90. The second-order valence-electron chi connectivity index (χ2n) is 26.2. The van der Waals surface area contributed by atoms with E-state index in [1.165, 1.54) is 27.7 Å². The topological polar surface area (TPSA) is 540 Å². The molecule has 578 valence electrons. The number of Topliss-reactive ketones (excluding diaryl/α,β-unsaturated/α-hetero) is 1. The van der Waals surface area contributed by atoms with E-state index in [2.05, 4.69) is 68.8 Å². The fourth-order valence-corrected chi connectivity index (χ4v) is 9.28. The van der Waals surface area contributed by atoms with Crippen LogP contribution in [0.2, 0.25) is 0 Å². The largest absolute Gasteiger partial charge is 0.481 e. The van der Waals surface area contributed by atoms with E-state index in [1.807, 2.05) is 27.7 Å². The third-order valence-corrected chi connectivity index (χ3v) is 14.7. The number of guanidine groups is 1. The Morgan fingerprint density at radius 3 is 1.37 bits per heavy atom. The zero-order valence-corrected chi connectivity index (χ0v) is 61.3. The Hall–Kier alpha value is -8.35. The van der Waals surface area contributed by atoms with Gasteiger partial charge < -0.3 is 110 Å². The predicted molar refractivity (Wildman–Crippen MR) is 371 cm³/mol. The number of ketones is 1. The van der Waals surface area contributed by atoms with Crippen LogP contribution in [0, 0.1) is 23.7 Å². The molecular weight excluding hydrogens is 1320 g/mol. The fourth-order valence-electron chi connectivity index (χ4n) is 9.28. The van der Waals surface area contributed by atoms with Gasteiger partial charge in [0, 0.05) is 38.9 Å². The van der Waals surface area contributed by atoms with Crippen molar-refractivity contribution in [1.29, 1.82) is 0 Å². The van der Waals surface area contributed by atoms with Crippen LogP contribution in [-0.2, 0) is 86.0 Å². The van der Waals surface area contributed by atoms with Gasteiger partial charge in [0.1, 0.15) is 59.7 Å². The number of carboxylic acids is 1. The van der Waals surface area contributed by atoms with E-state index in [-0.39, 0.29) is 126 Å². The Morgan fingerprint density at radius 2 is 0.891 bits per heavy atom. The summed E-state index contributed by atoms with van der Waals surface area (Å²) in [5.41, 5.74) is 14.2. The van der Waals surface area contributed by atoms with E-state index in [9.17, 15) is 72.2 Å². The number of aliphatic imine (C=N–C) groups is 1. The molecule has 0 aromatic carbocycles. The second kappa shape index (κ2) is 51.7. The molecule has 101 heavy (non-hydrogen) atoms. The number of hydrogen-bond donors (Lipinski definition) is 16. The molecule has 0 fully saturated rings. The summed E-state index contributed by atoms with van der Waals surface area (Å²) in [5, 5.41) is 40.0. The van der Waals surface area contributed by atoms with Crippen LogP contribution in [0.3, 0.4) is 0 Å². The second-order valence-corrected chi connectivity index (χ2v) is 26.2. The van der Waals surface area contributed by atoms with E-state index in [4.69, 9.17) is 40.9 Å². The molecule has 0 saturated heterocycles. The lowest BCUT2D eigenvalue weighted by Crippen LogP contribution is -2.63. The van der Waals surface area contributed by atoms with Crippen molar-refractivity contribution in [3.63, 3.8) is 0 Å². The summed E-state index contributed by atoms with van der Waals surface area (Å²) >= 11 is 0. The third-order valence-electron chi connectivity index (χ3n) is 14.7. The molecular formula is C65H118N16O20. The minimum Gasteiger partial charge on any atom is -0.481 e. The van der Waals surface area contributed by atoms with Crippen LogP contribution in [0.15, 0.2) is 4.99 Å². The highest BCUT2D eigenvalue weighted by molar-refractivity contribution is 5.99. The summed E-state index contributed by atoms with van der Waals surface area (Å²) in [6.07, 6.45) is -0.0498. The molecule has 0 saturated carbocycles. The lowest BCUT2D eigenvalue weighted by atomic mass is 9.98. The van der Waals surface area contributed by atoms with Crippen molar-refractivity contribution in [2.24, 2.45) is 45.9 Å². The molecule has 36 heteroatoms. The number of rotatable bonds is 56. The fraction of sp³-hybridized carbons (Fsp3) is 0.769. The monoisotopic (exact) mass is 1440 g/mol. The summed E-state index contributed by atoms with van der Waals surface area (Å²) in [6.45, 7) is 23.9. The van der Waals surface area contributed by atoms with Crippen LogP contribution in [0.5, 0.6) is 0 Å². The molecule has 8 atom stereocenters. The van der Waals surface area contributed by atoms with Gasteiger partial charge >= 0.3 is 12.0 Å². The molecule has 0 aromatic rings. The number of aliphatic carboxylic acids is 1. The molecule has 13 amide bonds. The van der Waals surface area contributed by atoms with Crippen molar-refractivity contribution < 1.29 is 95.9 Å². The van der Waals surface area contributed by atoms with Crippen LogP contribution in [0.1, 0.15) is 154 Å². The highest BCUT2D eigenvalue weighted by atomic mass is 16.6. The zero-order valence-electron chi connectivity index (χ0n) is 61.3. The standard InChI is InChI=1S/C65H118N16O20/c1-14-44(76-54(87)42(10)73-58(91)48(34-39(4)5)79-60(93)50(36-53(85)86)75-52(84)37-72-55(88)45(74-43(11)82)17-15-20-70-63(66)67)57(90)78-49(35-40(6)7)59(92)77-46(18-16-21-71-64(68)96)61(94)81-65(12,13)62(95)80-47(33-38(2)3)56(89)69-22-24-98-26-28-100-30-32-101-31-29-99-27-25-97-23-19-51(83)41(8)9/h38-42,44-50H,14-37H2,1-13H3,(H,69,89)(H,72,88)(H,73,91)(H,74,82)(H,75,84)(H,76,87)(H,77,92)(H,78,90)(H,79,93)(H,80,95)(H,81,94)(H,85,86)(H4,66,67,70)(H3,68,71,96)/t42-,44-,45-,46-,47-,48-,49-,50-/m0/s1. The number of amides is 13. The van der Waals surface area contributed by atoms with E-state index in [0.717, 1.165) is 0 Å². The van der Waals surface area contributed by atoms with Gasteiger partial charge in [0.25, 0.3) is 0 Å². The molecule has 0 aromatic heterocycles. The smallest absolute Gasteiger partial charge is 0.312 e. The lowest BCUT2D eigenvalue weighted by molar-refractivity contribution is -0.141. The maximum atomic E-state index is 14.3. The first-order valence-corrected chi connectivity index (χ1v) is 34.4. The Morgan fingerprint density at radius 1 is 0.455 bits per heavy atom. The van der Waals surface area contributed by atoms with E-state index in [1.54, 1.807) is 34.6 Å². The van der Waals surface area contributed by atoms with Gasteiger partial charge in [-0.05, 0) is 89.9 Å². The summed E-state index contributed by atoms with van der Waals surface area (Å²) < 4.78 is 27.5. The number of carbonyl (C=O) groups excluding carboxylic acids is 13. The number of carbonyl (C=O) groups is 14. The van der Waals surface area contributed by atoms with Crippen LogP contribution >= 0.6 is 0 Å². The van der Waals surface area contributed by atoms with Gasteiger partial charge in [-0.15, -0.1) is 0 Å². The highest BCUT2D eigenvalue weighted by Gasteiger charge is 2.38. The minimum absolute atomic E-state index is 0.0105. The molecule has 0 rings (SSSR count). The van der Waals surface area contributed by atoms with Gasteiger partial charge in [0.05, 0.1) is 79.0 Å². The number of urea groups is 1. The van der Waals surface area contributed by atoms with Gasteiger partial charge in [-0.3, -0.25) is 67.3 Å². The van der Waals surface area contributed by atoms with Crippen molar-refractivity contribution in [2.75, 3.05) is 92.2 Å². The number of carboxylic acid groups (broad SMARTS) is 1. The molecule has 0 radical (unpaired) electrons. The van der Waals surface area contributed by atoms with Crippen LogP contribution in [0.25, 0.3) is 0 Å². The van der Waals surface area contributed by atoms with Gasteiger partial charge in [-0.2, -0.15) is 0 Å². The van der Waals surface area contributed by atoms with Gasteiger partial charge in [-0.1, -0.05) is 62.3 Å². The van der Waals surface area contributed by atoms with Crippen LogP contribution in [-0.4, -0.2) is 240 Å². The van der Waals surface area contributed by atoms with Crippen molar-refractivity contribution in [2.45, 2.75) is 208 Å². The van der Waals surface area contributed by atoms with Gasteiger partial charge in [-0.25, -0.2) is 4.79 Å². The molecule has 0 unspecified atom stereocenters. The highest BCUT2D eigenvalue weighted by Crippen LogP contribution is 2.14. The number of hydrogen-bond acceptors (Lipinski definition) is 20. The number of primary amides is 1. The van der Waals surface area contributed by atoms with Crippen LogP contribution in [0.4, 0.5) is 4.79 Å². The van der Waals surface area contributed by atoms with E-state index in [0.29, 0.717) is 52.7 Å². The molecule has 19 N–H and O–H groups in total. The third kappa shape index (κ3) is 44.5. The number of ether oxygens (including phenoxy) is 5. The summed E-state index contributed by atoms with van der Waals surface area (Å²) in [5.74, 6) is -11.0. The summed E-state index contributed by atoms with van der Waals surface area (Å²) in [6, 6.07) is -11.5. The molecule has 0 bridgehead atoms. The predicted octanol–water partition coefficient (Wildman–Crippen LogP) is -2.74. The lowest BCUT2D eigenvalue weighted by Gasteiger charge is -2.31. The Bertz CT molecular complexity index is 2660. The summed E-state index contributed by atoms with van der Waals surface area (Å²) in [7, 11) is 0. The maximum Gasteiger partial charge on any atom is 0.312 e. The molecule has 0 heterocycles. The van der Waals surface area contributed by atoms with Crippen molar-refractivity contribution >= 4 is 88.7 Å². The molecule has 36 nitrogen and oxygen atoms in total. The minimum atomic E-state index is -1.77. The van der Waals surface area contributed by atoms with Gasteiger partial charge in [0.15, 0.2) is 5.96 Å². The van der Waals surface area contributed by atoms with Gasteiger partial charge in [0.2, 0.25) is 65.0 Å². The van der Waals surface area contributed by atoms with E-state index < -0.39 is 144 Å². The summed E-state index contributed by atoms with van der Waals surface area (Å²) in [4.78, 5) is 188. The van der Waals surface area contributed by atoms with Crippen molar-refractivity contribution in [3.8, 4) is 0 Å². The average Bonchev–Trinajstić information content (AvgIpc) is 0.843. The quantitative estimate of drug-likeness (QED) is 0.0167. The van der Waals surface area contributed by atoms with E-state index >= 15 is 0 Å². The molecule has 0 spiro atoms. The average molecular weight is 1440 g/mol. The molecule has 0 aliphatic rings. The normalized spacial score (nSPS) is 13.7. The van der Waals surface area contributed by atoms with Crippen molar-refractivity contribution in [1.82, 2.24) is 63.8 Å². The molecule has 0 aliphatic carbocycles. The maximum absolute atomic E-state index is 14.3. The number of nitrogens with one attached hydrogen (secondary N) is 12. The zero-order chi connectivity index (χ0) is 76.8. The first kappa shape index (κ1) is 92.6. The number of nitrogens with two attached hydrogens (primary N) is 3. The first-order valence-electron chi connectivity index (χ1n) is 34.4.